The highest BCUT2D eigenvalue weighted by molar-refractivity contribution is 7.95. The van der Waals surface area contributed by atoms with E-state index in [-0.39, 0.29) is 5.75 Å². The molecule has 0 aliphatic carbocycles. The van der Waals surface area contributed by atoms with Gasteiger partial charge in [-0.15, -0.1) is 0 Å². The van der Waals surface area contributed by atoms with E-state index in [9.17, 15) is 18.0 Å². The van der Waals surface area contributed by atoms with E-state index in [1.807, 2.05) is 0 Å². The lowest BCUT2D eigenvalue weighted by molar-refractivity contribution is -0.133. The minimum Gasteiger partial charge on any atom is -0.478 e. The van der Waals surface area contributed by atoms with Crippen molar-refractivity contribution in [3.8, 4) is 5.75 Å². The first-order valence-electron chi connectivity index (χ1n) is 4.97. The number of esters is 1. The average Bonchev–Trinajstić information content (AvgIpc) is 2.66. The van der Waals surface area contributed by atoms with Crippen molar-refractivity contribution in [3.63, 3.8) is 0 Å². The van der Waals surface area contributed by atoms with Gasteiger partial charge in [0.2, 0.25) is 0 Å². The predicted octanol–water partition coefficient (Wildman–Crippen LogP) is 0.345. The Bertz CT molecular complexity index is 702. The van der Waals surface area contributed by atoms with E-state index in [2.05, 4.69) is 4.40 Å². The number of para-hydroxylation sites is 1. The normalized spacial score (nSPS) is 16.4. The number of benzene rings is 1. The molecule has 0 fully saturated rings. The molecule has 0 saturated carbocycles. The lowest BCUT2D eigenvalue weighted by Gasteiger charge is -2.04. The summed E-state index contributed by atoms with van der Waals surface area (Å²) in [6.07, 6.45) is 0.610. The van der Waals surface area contributed by atoms with E-state index in [4.69, 9.17) is 9.84 Å². The van der Waals surface area contributed by atoms with Crippen LogP contribution >= 0.6 is 0 Å². The lowest BCUT2D eigenvalue weighted by Crippen LogP contribution is -2.19. The SMILES string of the molecule is O=C(O)C1=C(C(=O)Oc2ccccc2)S(=O)(=O)N=C1. The fourth-order valence-electron chi connectivity index (χ4n) is 1.38. The number of carboxylic acids is 1. The molecule has 1 heterocycles. The Kier molecular flexibility index (Phi) is 3.17. The molecule has 1 aromatic rings. The second-order valence-corrected chi connectivity index (χ2v) is 5.03. The van der Waals surface area contributed by atoms with Gasteiger partial charge in [0, 0.05) is 0 Å². The molecule has 0 unspecified atom stereocenters. The highest BCUT2D eigenvalue weighted by Gasteiger charge is 2.36. The van der Waals surface area contributed by atoms with Crippen LogP contribution in [0.2, 0.25) is 0 Å². The van der Waals surface area contributed by atoms with Gasteiger partial charge >= 0.3 is 11.9 Å². The summed E-state index contributed by atoms with van der Waals surface area (Å²) < 4.78 is 30.8. The highest BCUT2D eigenvalue weighted by Crippen LogP contribution is 2.22. The summed E-state index contributed by atoms with van der Waals surface area (Å²) in [7, 11) is -4.31. The Hall–Kier alpha value is -2.48. The van der Waals surface area contributed by atoms with E-state index < -0.39 is 32.4 Å². The molecule has 2 rings (SSSR count). The standard InChI is InChI=1S/C11H7NO6S/c13-10(14)8-6-12-19(16,17)9(8)11(15)18-7-4-2-1-3-5-7/h1-6H,(H,13,14). The Morgan fingerprint density at radius 1 is 1.16 bits per heavy atom. The number of hydrogen-bond donors (Lipinski definition) is 1. The van der Waals surface area contributed by atoms with Gasteiger partial charge in [-0.2, -0.15) is 12.8 Å². The summed E-state index contributed by atoms with van der Waals surface area (Å²) in [5, 5.41) is 8.81. The molecule has 98 valence electrons. The summed E-state index contributed by atoms with van der Waals surface area (Å²) in [6.45, 7) is 0. The fraction of sp³-hybridized carbons (Fsp3) is 0. The minimum atomic E-state index is -4.31. The van der Waals surface area contributed by atoms with Crippen LogP contribution in [0, 0.1) is 0 Å². The van der Waals surface area contributed by atoms with Crippen LogP contribution in [-0.2, 0) is 19.6 Å². The molecule has 0 spiro atoms. The van der Waals surface area contributed by atoms with Crippen LogP contribution in [0.5, 0.6) is 5.75 Å². The number of ether oxygens (including phenoxy) is 1. The Morgan fingerprint density at radius 3 is 2.37 bits per heavy atom. The number of hydrogen-bond acceptors (Lipinski definition) is 5. The third kappa shape index (κ3) is 2.52. The summed E-state index contributed by atoms with van der Waals surface area (Å²) >= 11 is 0. The van der Waals surface area contributed by atoms with E-state index in [0.717, 1.165) is 0 Å². The van der Waals surface area contributed by atoms with E-state index in [0.29, 0.717) is 6.21 Å². The topological polar surface area (TPSA) is 110 Å². The highest BCUT2D eigenvalue weighted by atomic mass is 32.2. The van der Waals surface area contributed by atoms with Crippen molar-refractivity contribution < 1.29 is 27.9 Å². The number of carbonyl (C=O) groups is 2. The molecule has 0 aromatic heterocycles. The molecule has 0 saturated heterocycles. The maximum Gasteiger partial charge on any atom is 0.358 e. The number of aliphatic carboxylic acids is 1. The zero-order valence-corrected chi connectivity index (χ0v) is 10.1. The summed E-state index contributed by atoms with van der Waals surface area (Å²) in [6, 6.07) is 7.70. The molecule has 1 aliphatic rings. The second-order valence-electron chi connectivity index (χ2n) is 3.46. The van der Waals surface area contributed by atoms with Crippen LogP contribution in [0.4, 0.5) is 0 Å². The van der Waals surface area contributed by atoms with Gasteiger partial charge in [-0.1, -0.05) is 18.2 Å². The minimum absolute atomic E-state index is 0.104. The maximum absolute atomic E-state index is 11.7. The number of carbonyl (C=O) groups excluding carboxylic acids is 1. The molecule has 7 nitrogen and oxygen atoms in total. The Labute approximate surface area is 107 Å². The third-order valence-corrected chi connectivity index (χ3v) is 3.48. The van der Waals surface area contributed by atoms with E-state index in [1.165, 1.54) is 12.1 Å². The van der Waals surface area contributed by atoms with Crippen molar-refractivity contribution in [2.75, 3.05) is 0 Å². The number of carboxylic acid groups (broad SMARTS) is 1. The summed E-state index contributed by atoms with van der Waals surface area (Å²) in [5.41, 5.74) is -0.707. The monoisotopic (exact) mass is 281 g/mol. The number of nitrogens with zero attached hydrogens (tertiary/aromatic N) is 1. The van der Waals surface area contributed by atoms with Crippen molar-refractivity contribution in [2.24, 2.45) is 4.40 Å². The molecule has 1 N–H and O–H groups in total. The van der Waals surface area contributed by atoms with Crippen LogP contribution in [0.3, 0.4) is 0 Å². The van der Waals surface area contributed by atoms with Gasteiger partial charge in [-0.25, -0.2) is 9.59 Å². The first kappa shape index (κ1) is 13.0. The lowest BCUT2D eigenvalue weighted by atomic mass is 10.2. The maximum atomic E-state index is 11.7. The van der Waals surface area contributed by atoms with E-state index >= 15 is 0 Å². The number of sulfonamides is 1. The smallest absolute Gasteiger partial charge is 0.358 e. The zero-order valence-electron chi connectivity index (χ0n) is 9.31. The number of rotatable bonds is 3. The molecule has 8 heteroatoms. The van der Waals surface area contributed by atoms with Crippen molar-refractivity contribution >= 4 is 28.2 Å². The van der Waals surface area contributed by atoms with Crippen LogP contribution in [0.15, 0.2) is 45.2 Å². The van der Waals surface area contributed by atoms with Crippen LogP contribution in [0.25, 0.3) is 0 Å². The first-order valence-corrected chi connectivity index (χ1v) is 6.41. The zero-order chi connectivity index (χ0) is 14.0. The largest absolute Gasteiger partial charge is 0.478 e. The molecule has 0 radical (unpaired) electrons. The van der Waals surface area contributed by atoms with Crippen molar-refractivity contribution in [3.05, 3.63) is 40.8 Å². The van der Waals surface area contributed by atoms with Crippen LogP contribution in [0.1, 0.15) is 0 Å². The van der Waals surface area contributed by atoms with Crippen LogP contribution in [-0.4, -0.2) is 31.7 Å². The van der Waals surface area contributed by atoms with Gasteiger partial charge in [0.25, 0.3) is 10.0 Å². The fourth-order valence-corrected chi connectivity index (χ4v) is 2.40. The summed E-state index contributed by atoms with van der Waals surface area (Å²) in [4.78, 5) is 21.6. The van der Waals surface area contributed by atoms with Crippen molar-refractivity contribution in [1.29, 1.82) is 0 Å². The molecule has 19 heavy (non-hydrogen) atoms. The quantitative estimate of drug-likeness (QED) is 0.632. The van der Waals surface area contributed by atoms with Gasteiger partial charge in [0.15, 0.2) is 4.91 Å². The average molecular weight is 281 g/mol. The van der Waals surface area contributed by atoms with Crippen molar-refractivity contribution in [2.45, 2.75) is 0 Å². The molecule has 0 atom stereocenters. The van der Waals surface area contributed by atoms with Gasteiger partial charge in [0.1, 0.15) is 11.3 Å². The third-order valence-electron chi connectivity index (χ3n) is 2.19. The molecule has 0 amide bonds. The molecule has 1 aromatic carbocycles. The van der Waals surface area contributed by atoms with Gasteiger partial charge in [-0.05, 0) is 12.1 Å². The Morgan fingerprint density at radius 2 is 1.79 bits per heavy atom. The van der Waals surface area contributed by atoms with Crippen molar-refractivity contribution in [1.82, 2.24) is 0 Å². The molecule has 0 bridgehead atoms. The van der Waals surface area contributed by atoms with E-state index in [1.54, 1.807) is 18.2 Å². The second kappa shape index (κ2) is 4.65. The summed E-state index contributed by atoms with van der Waals surface area (Å²) in [5.74, 6) is -2.74. The molecular weight excluding hydrogens is 274 g/mol. The molecular formula is C11H7NO6S. The molecule has 1 aliphatic heterocycles. The first-order chi connectivity index (χ1) is 8.92. The van der Waals surface area contributed by atoms with Gasteiger partial charge < -0.3 is 9.84 Å². The van der Waals surface area contributed by atoms with Crippen LogP contribution < -0.4 is 4.74 Å². The Balaban J connectivity index is 2.38. The van der Waals surface area contributed by atoms with Gasteiger partial charge in [-0.3, -0.25) is 0 Å². The predicted molar refractivity (Wildman–Crippen MR) is 64.2 cm³/mol. The van der Waals surface area contributed by atoms with Gasteiger partial charge in [0.05, 0.1) is 6.21 Å².